The number of aromatic nitrogens is 8. The van der Waals surface area contributed by atoms with Gasteiger partial charge in [0, 0.05) is 24.4 Å². The lowest BCUT2D eigenvalue weighted by Crippen LogP contribution is -2.27. The van der Waals surface area contributed by atoms with Gasteiger partial charge in [-0.15, -0.1) is 5.10 Å². The molecule has 2 bridgehead atoms. The van der Waals surface area contributed by atoms with E-state index in [1.165, 1.54) is 52.4 Å². The summed E-state index contributed by atoms with van der Waals surface area (Å²) < 4.78 is 46.5. The molecule has 0 saturated carbocycles. The van der Waals surface area contributed by atoms with E-state index < -0.39 is 24.0 Å². The Morgan fingerprint density at radius 1 is 1.12 bits per heavy atom. The Balaban J connectivity index is 1.45. The fraction of sp³-hybridized carbons (Fsp3) is 0.286. The number of pyridine rings is 1. The van der Waals surface area contributed by atoms with Crippen LogP contribution in [0.4, 0.5) is 18.9 Å². The number of hydrogen-bond donors (Lipinski definition) is 1. The Kier molecular flexibility index (Phi) is 7.93. The number of nitrogens with one attached hydrogen (secondary N) is 1. The van der Waals surface area contributed by atoms with Crippen LogP contribution in [0.2, 0.25) is 10.2 Å². The molecule has 10 nitrogen and oxygen atoms in total. The highest BCUT2D eigenvalue weighted by atomic mass is 35.5. The van der Waals surface area contributed by atoms with Crippen LogP contribution in [0.25, 0.3) is 28.2 Å². The summed E-state index contributed by atoms with van der Waals surface area (Å²) >= 11 is 12.0. The summed E-state index contributed by atoms with van der Waals surface area (Å²) in [7, 11) is 0. The minimum absolute atomic E-state index is 0.0305. The zero-order valence-electron chi connectivity index (χ0n) is 22.6. The fourth-order valence-electron chi connectivity index (χ4n) is 5.30. The summed E-state index contributed by atoms with van der Waals surface area (Å²) in [5.41, 5.74) is 1.42. The van der Waals surface area contributed by atoms with Gasteiger partial charge in [-0.05, 0) is 43.0 Å². The van der Waals surface area contributed by atoms with Crippen LogP contribution in [0.1, 0.15) is 44.5 Å². The van der Waals surface area contributed by atoms with Gasteiger partial charge in [-0.3, -0.25) is 14.3 Å². The number of halogens is 5. The van der Waals surface area contributed by atoms with Crippen molar-refractivity contribution in [2.45, 2.75) is 38.8 Å². The van der Waals surface area contributed by atoms with Gasteiger partial charge in [0.05, 0.1) is 63.8 Å². The fourth-order valence-corrected chi connectivity index (χ4v) is 5.58. The van der Waals surface area contributed by atoms with Gasteiger partial charge in [0.1, 0.15) is 0 Å². The molecule has 0 spiro atoms. The average molecular weight is 630 g/mol. The second-order valence-electron chi connectivity index (χ2n) is 10.3. The Morgan fingerprint density at radius 3 is 2.70 bits per heavy atom. The average Bonchev–Trinajstić information content (AvgIpc) is 3.62. The molecule has 1 aromatic carbocycles. The molecule has 2 atom stereocenters. The SMILES string of the molecule is CC1CCCC(n2cnc(-c3c(-n4cc(Cl)nn4)ccc(Cl)c3F)cc2=O)c2cc(ccn2)-c2c(cnn2C(F)F)NC1. The molecule has 1 aliphatic heterocycles. The van der Waals surface area contributed by atoms with Gasteiger partial charge in [0.25, 0.3) is 5.56 Å². The van der Waals surface area contributed by atoms with E-state index in [1.807, 2.05) is 0 Å². The summed E-state index contributed by atoms with van der Waals surface area (Å²) in [6.07, 6.45) is 7.71. The summed E-state index contributed by atoms with van der Waals surface area (Å²) in [5, 5.41) is 14.7. The highest BCUT2D eigenvalue weighted by molar-refractivity contribution is 6.31. The van der Waals surface area contributed by atoms with E-state index in [-0.39, 0.29) is 38.7 Å². The molecule has 1 aliphatic rings. The van der Waals surface area contributed by atoms with Crippen LogP contribution in [-0.4, -0.2) is 45.9 Å². The highest BCUT2D eigenvalue weighted by Gasteiger charge is 2.25. The first kappa shape index (κ1) is 28.9. The van der Waals surface area contributed by atoms with Crippen molar-refractivity contribution in [3.63, 3.8) is 0 Å². The maximum atomic E-state index is 15.4. The van der Waals surface area contributed by atoms with E-state index in [0.29, 0.717) is 34.6 Å². The van der Waals surface area contributed by atoms with Crippen molar-refractivity contribution in [1.29, 1.82) is 0 Å². The third-order valence-electron chi connectivity index (χ3n) is 7.40. The maximum absolute atomic E-state index is 15.4. The molecule has 5 heterocycles. The molecule has 222 valence electrons. The predicted octanol–water partition coefficient (Wildman–Crippen LogP) is 6.41. The van der Waals surface area contributed by atoms with Crippen LogP contribution in [0.3, 0.4) is 0 Å². The van der Waals surface area contributed by atoms with Crippen molar-refractivity contribution in [2.24, 2.45) is 5.92 Å². The largest absolute Gasteiger partial charge is 0.382 e. The van der Waals surface area contributed by atoms with Crippen LogP contribution in [0.5, 0.6) is 0 Å². The number of nitrogens with zero attached hydrogens (tertiary/aromatic N) is 8. The third-order valence-corrected chi connectivity index (χ3v) is 7.87. The van der Waals surface area contributed by atoms with Crippen molar-refractivity contribution < 1.29 is 13.2 Å². The molecule has 43 heavy (non-hydrogen) atoms. The van der Waals surface area contributed by atoms with E-state index in [4.69, 9.17) is 23.2 Å². The van der Waals surface area contributed by atoms with Crippen LogP contribution < -0.4 is 10.9 Å². The van der Waals surface area contributed by atoms with Gasteiger partial charge in [-0.25, -0.2) is 18.7 Å². The van der Waals surface area contributed by atoms with Gasteiger partial charge in [0.2, 0.25) is 0 Å². The molecule has 4 aromatic heterocycles. The normalized spacial score (nSPS) is 17.2. The zero-order chi connectivity index (χ0) is 30.2. The van der Waals surface area contributed by atoms with Crippen LogP contribution in [0, 0.1) is 11.7 Å². The minimum Gasteiger partial charge on any atom is -0.382 e. The molecule has 0 fully saturated rings. The number of rotatable bonds is 4. The molecular formula is C28H24Cl2F3N9O. The van der Waals surface area contributed by atoms with Crippen molar-refractivity contribution in [3.8, 4) is 28.2 Å². The first-order chi connectivity index (χ1) is 20.7. The maximum Gasteiger partial charge on any atom is 0.333 e. The van der Waals surface area contributed by atoms with Crippen molar-refractivity contribution in [1.82, 2.24) is 39.3 Å². The molecule has 6 rings (SSSR count). The smallest absolute Gasteiger partial charge is 0.333 e. The van der Waals surface area contributed by atoms with Crippen LogP contribution in [-0.2, 0) is 0 Å². The van der Waals surface area contributed by atoms with Gasteiger partial charge in [-0.2, -0.15) is 13.9 Å². The van der Waals surface area contributed by atoms with Crippen molar-refractivity contribution >= 4 is 28.9 Å². The Morgan fingerprint density at radius 2 is 1.95 bits per heavy atom. The molecular weight excluding hydrogens is 606 g/mol. The predicted molar refractivity (Wildman–Crippen MR) is 155 cm³/mol. The Hall–Kier alpha value is -4.23. The molecule has 2 unspecified atom stereocenters. The first-order valence-corrected chi connectivity index (χ1v) is 14.2. The minimum atomic E-state index is -2.85. The van der Waals surface area contributed by atoms with E-state index in [9.17, 15) is 13.6 Å². The van der Waals surface area contributed by atoms with E-state index in [2.05, 4.69) is 37.6 Å². The standard InChI is InChI=1S/C28H24Cl2F3N9O/c1-15-3-2-4-21(18-9-16(7-8-34-18)27-20(35-11-15)12-37-42(27)28(32)33)40-14-36-19(10-24(40)43)25-22(6-5-17(29)26(25)31)41-13-23(30)38-39-41/h5-10,12-15,21,28,35H,2-4,11H2,1H3. The zero-order valence-corrected chi connectivity index (χ0v) is 24.1. The molecule has 0 radical (unpaired) electrons. The second kappa shape index (κ2) is 11.8. The topological polar surface area (TPSA) is 108 Å². The van der Waals surface area contributed by atoms with E-state index in [0.717, 1.165) is 12.8 Å². The number of hydrogen-bond acceptors (Lipinski definition) is 7. The van der Waals surface area contributed by atoms with Gasteiger partial charge >= 0.3 is 6.55 Å². The lowest BCUT2D eigenvalue weighted by Gasteiger charge is -2.23. The lowest BCUT2D eigenvalue weighted by molar-refractivity contribution is 0.0585. The first-order valence-electron chi connectivity index (χ1n) is 13.4. The van der Waals surface area contributed by atoms with Gasteiger partial charge < -0.3 is 5.32 Å². The third kappa shape index (κ3) is 5.62. The second-order valence-corrected chi connectivity index (χ2v) is 11.1. The van der Waals surface area contributed by atoms with Crippen molar-refractivity contribution in [2.75, 3.05) is 11.9 Å². The monoisotopic (exact) mass is 629 g/mol. The number of benzene rings is 1. The summed E-state index contributed by atoms with van der Waals surface area (Å²) in [6.45, 7) is -0.233. The van der Waals surface area contributed by atoms with Crippen LogP contribution in [0.15, 0.2) is 60.0 Å². The molecule has 5 aromatic rings. The van der Waals surface area contributed by atoms with Crippen LogP contribution >= 0.6 is 23.2 Å². The molecule has 0 saturated heterocycles. The lowest BCUT2D eigenvalue weighted by atomic mass is 9.97. The summed E-state index contributed by atoms with van der Waals surface area (Å²) in [4.78, 5) is 22.6. The molecule has 15 heteroatoms. The summed E-state index contributed by atoms with van der Waals surface area (Å²) in [5.74, 6) is -0.578. The summed E-state index contributed by atoms with van der Waals surface area (Å²) in [6, 6.07) is 6.83. The number of anilines is 1. The Bertz CT molecular complexity index is 1860. The quantitative estimate of drug-likeness (QED) is 0.245. The molecule has 1 N–H and O–H groups in total. The van der Waals surface area contributed by atoms with Gasteiger partial charge in [-0.1, -0.05) is 41.8 Å². The Labute approximate surface area is 253 Å². The number of fused-ring (bicyclic) bond motifs is 4. The van der Waals surface area contributed by atoms with Gasteiger partial charge in [0.15, 0.2) is 11.0 Å². The van der Waals surface area contributed by atoms with Crippen molar-refractivity contribution in [3.05, 3.63) is 87.3 Å². The van der Waals surface area contributed by atoms with E-state index in [1.54, 1.807) is 12.1 Å². The highest BCUT2D eigenvalue weighted by Crippen LogP contribution is 2.35. The molecule has 0 aliphatic carbocycles. The number of alkyl halides is 2. The molecule has 0 amide bonds. The van der Waals surface area contributed by atoms with E-state index >= 15 is 4.39 Å².